The second kappa shape index (κ2) is 8.14. The minimum Gasteiger partial charge on any atom is -0.469 e. The Hall–Kier alpha value is -3.68. The van der Waals surface area contributed by atoms with E-state index in [4.69, 9.17) is 10.2 Å². The Bertz CT molecular complexity index is 1060. The third kappa shape index (κ3) is 4.43. The first-order valence-electron chi connectivity index (χ1n) is 9.08. The molecule has 3 aromatic rings. The summed E-state index contributed by atoms with van der Waals surface area (Å²) in [6, 6.07) is 16.1. The molecule has 1 aromatic heterocycles. The molecule has 1 heterocycles. The molecule has 0 aliphatic rings. The van der Waals surface area contributed by atoms with Crippen molar-refractivity contribution >= 4 is 22.5 Å². The molecule has 29 heavy (non-hydrogen) atoms. The summed E-state index contributed by atoms with van der Waals surface area (Å²) in [7, 11) is 0. The third-order valence-corrected chi connectivity index (χ3v) is 4.99. The van der Waals surface area contributed by atoms with Crippen LogP contribution in [0.25, 0.3) is 10.8 Å². The molecule has 1 atom stereocenters. The molecule has 0 spiro atoms. The van der Waals surface area contributed by atoms with E-state index in [1.165, 1.54) is 6.26 Å². The predicted octanol–water partition coefficient (Wildman–Crippen LogP) is 4.03. The number of fused-ring (bicyclic) bond motifs is 1. The summed E-state index contributed by atoms with van der Waals surface area (Å²) >= 11 is 0. The lowest BCUT2D eigenvalue weighted by Gasteiger charge is -2.25. The quantitative estimate of drug-likeness (QED) is 0.356. The fourth-order valence-electron chi connectivity index (χ4n) is 3.23. The van der Waals surface area contributed by atoms with Gasteiger partial charge in [-0.2, -0.15) is 5.10 Å². The average Bonchev–Trinajstić information content (AvgIpc) is 3.21. The van der Waals surface area contributed by atoms with Crippen molar-refractivity contribution in [1.82, 2.24) is 5.43 Å². The molecule has 0 radical (unpaired) electrons. The van der Waals surface area contributed by atoms with E-state index in [-0.39, 0.29) is 11.3 Å². The summed E-state index contributed by atoms with van der Waals surface area (Å²) < 4.78 is 5.49. The minimum absolute atomic E-state index is 0.167. The highest BCUT2D eigenvalue weighted by Gasteiger charge is 2.44. The van der Waals surface area contributed by atoms with Crippen molar-refractivity contribution in [3.05, 3.63) is 82.3 Å². The van der Waals surface area contributed by atoms with E-state index in [1.807, 2.05) is 42.5 Å². The van der Waals surface area contributed by atoms with Crippen LogP contribution in [0.15, 0.2) is 70.4 Å². The molecule has 0 aliphatic carbocycles. The summed E-state index contributed by atoms with van der Waals surface area (Å²) in [5, 5.41) is 17.9. The van der Waals surface area contributed by atoms with Gasteiger partial charge in [-0.05, 0) is 34.5 Å². The standard InChI is InChI=1S/C21H22N4O4/c1-21(2,25(27)28)17(19-8-5-11-29-19)13-18(23-24-20(22)26)16-10-9-14-6-3-4-7-15(14)12-16/h3-12,17H,13H2,1-2H3,(H3,22,24,26)/b23-18+. The van der Waals surface area contributed by atoms with Crippen molar-refractivity contribution in [3.8, 4) is 0 Å². The van der Waals surface area contributed by atoms with Gasteiger partial charge in [-0.3, -0.25) is 10.1 Å². The van der Waals surface area contributed by atoms with Crippen LogP contribution in [0.1, 0.15) is 37.5 Å². The molecule has 2 amide bonds. The summed E-state index contributed by atoms with van der Waals surface area (Å²) in [5.41, 5.74) is 7.30. The number of hydrazone groups is 1. The first-order chi connectivity index (χ1) is 13.8. The average molecular weight is 394 g/mol. The monoisotopic (exact) mass is 394 g/mol. The fraction of sp³-hybridized carbons (Fsp3) is 0.238. The first-order valence-corrected chi connectivity index (χ1v) is 9.08. The number of benzene rings is 2. The molecule has 0 bridgehead atoms. The van der Waals surface area contributed by atoms with Gasteiger partial charge in [0.05, 0.1) is 17.9 Å². The van der Waals surface area contributed by atoms with Crippen LogP contribution in [0.3, 0.4) is 0 Å². The molecule has 2 aromatic carbocycles. The van der Waals surface area contributed by atoms with Crippen molar-refractivity contribution in [2.75, 3.05) is 0 Å². The van der Waals surface area contributed by atoms with Crippen LogP contribution in [0.5, 0.6) is 0 Å². The number of amides is 2. The highest BCUT2D eigenvalue weighted by Crippen LogP contribution is 2.35. The Balaban J connectivity index is 2.06. The highest BCUT2D eigenvalue weighted by molar-refractivity contribution is 6.04. The van der Waals surface area contributed by atoms with Crippen molar-refractivity contribution in [2.45, 2.75) is 31.7 Å². The molecule has 0 saturated heterocycles. The molecule has 8 nitrogen and oxygen atoms in total. The van der Waals surface area contributed by atoms with Crippen LogP contribution in [-0.4, -0.2) is 22.2 Å². The second-order valence-electron chi connectivity index (χ2n) is 7.28. The van der Waals surface area contributed by atoms with Crippen LogP contribution in [0, 0.1) is 10.1 Å². The number of furan rings is 1. The maximum absolute atomic E-state index is 11.8. The molecule has 3 N–H and O–H groups in total. The fourth-order valence-corrected chi connectivity index (χ4v) is 3.23. The lowest BCUT2D eigenvalue weighted by atomic mass is 9.81. The van der Waals surface area contributed by atoms with E-state index >= 15 is 0 Å². The minimum atomic E-state index is -1.33. The first kappa shape index (κ1) is 20.1. The van der Waals surface area contributed by atoms with Crippen LogP contribution >= 0.6 is 0 Å². The molecule has 0 fully saturated rings. The SMILES string of the molecule is CC(C)(C(C/C(=N\NC(N)=O)c1ccc2ccccc2c1)c1ccco1)[N+](=O)[O-]. The molecular weight excluding hydrogens is 372 g/mol. The zero-order valence-corrected chi connectivity index (χ0v) is 16.2. The summed E-state index contributed by atoms with van der Waals surface area (Å²) in [5.74, 6) is -0.147. The van der Waals surface area contributed by atoms with Gasteiger partial charge in [0.2, 0.25) is 5.54 Å². The molecular formula is C21H22N4O4. The Morgan fingerprint density at radius 3 is 2.55 bits per heavy atom. The van der Waals surface area contributed by atoms with Gasteiger partial charge in [0.25, 0.3) is 0 Å². The van der Waals surface area contributed by atoms with Gasteiger partial charge < -0.3 is 10.2 Å². The van der Waals surface area contributed by atoms with E-state index in [0.717, 1.165) is 16.3 Å². The van der Waals surface area contributed by atoms with E-state index in [2.05, 4.69) is 10.5 Å². The second-order valence-corrected chi connectivity index (χ2v) is 7.28. The maximum Gasteiger partial charge on any atom is 0.332 e. The predicted molar refractivity (Wildman–Crippen MR) is 110 cm³/mol. The smallest absolute Gasteiger partial charge is 0.332 e. The number of nitro groups is 1. The molecule has 1 unspecified atom stereocenters. The maximum atomic E-state index is 11.8. The van der Waals surface area contributed by atoms with E-state index in [0.29, 0.717) is 11.5 Å². The van der Waals surface area contributed by atoms with Gasteiger partial charge in [0.15, 0.2) is 0 Å². The number of nitrogens with zero attached hydrogens (tertiary/aromatic N) is 2. The number of rotatable bonds is 7. The molecule has 150 valence electrons. The Morgan fingerprint density at radius 2 is 1.93 bits per heavy atom. The Kier molecular flexibility index (Phi) is 5.63. The largest absolute Gasteiger partial charge is 0.469 e. The number of hydrogen-bond acceptors (Lipinski definition) is 5. The van der Waals surface area contributed by atoms with Crippen LogP contribution in [-0.2, 0) is 0 Å². The number of carbonyl (C=O) groups is 1. The van der Waals surface area contributed by atoms with Crippen molar-refractivity contribution in [1.29, 1.82) is 0 Å². The number of nitrogens with one attached hydrogen (secondary N) is 1. The van der Waals surface area contributed by atoms with Crippen LogP contribution < -0.4 is 11.2 Å². The number of urea groups is 1. The third-order valence-electron chi connectivity index (χ3n) is 4.99. The van der Waals surface area contributed by atoms with Crippen molar-refractivity contribution in [3.63, 3.8) is 0 Å². The summed E-state index contributed by atoms with van der Waals surface area (Å²) in [6.45, 7) is 3.08. The van der Waals surface area contributed by atoms with Gasteiger partial charge in [0.1, 0.15) is 5.76 Å². The van der Waals surface area contributed by atoms with Crippen molar-refractivity contribution in [2.24, 2.45) is 10.8 Å². The lowest BCUT2D eigenvalue weighted by molar-refractivity contribution is -0.565. The Morgan fingerprint density at radius 1 is 1.21 bits per heavy atom. The Labute approximate surface area is 167 Å². The highest BCUT2D eigenvalue weighted by atomic mass is 16.6. The normalized spacial score (nSPS) is 13.2. The summed E-state index contributed by atoms with van der Waals surface area (Å²) in [6.07, 6.45) is 1.65. The lowest BCUT2D eigenvalue weighted by Crippen LogP contribution is -2.39. The van der Waals surface area contributed by atoms with Gasteiger partial charge >= 0.3 is 6.03 Å². The van der Waals surface area contributed by atoms with Gasteiger partial charge in [-0.15, -0.1) is 0 Å². The number of carbonyl (C=O) groups excluding carboxylic acids is 1. The molecule has 0 saturated carbocycles. The summed E-state index contributed by atoms with van der Waals surface area (Å²) in [4.78, 5) is 22.7. The van der Waals surface area contributed by atoms with E-state index < -0.39 is 17.5 Å². The molecule has 8 heteroatoms. The van der Waals surface area contributed by atoms with E-state index in [1.54, 1.807) is 26.0 Å². The van der Waals surface area contributed by atoms with Gasteiger partial charge in [-0.25, -0.2) is 10.2 Å². The van der Waals surface area contributed by atoms with Crippen LogP contribution in [0.4, 0.5) is 4.79 Å². The van der Waals surface area contributed by atoms with Crippen molar-refractivity contribution < 1.29 is 14.1 Å². The number of hydrogen-bond donors (Lipinski definition) is 2. The molecule has 0 aliphatic heterocycles. The molecule has 3 rings (SSSR count). The van der Waals surface area contributed by atoms with Gasteiger partial charge in [0, 0.05) is 25.2 Å². The van der Waals surface area contributed by atoms with Crippen LogP contribution in [0.2, 0.25) is 0 Å². The number of primary amides is 1. The zero-order valence-electron chi connectivity index (χ0n) is 16.2. The number of nitrogens with two attached hydrogens (primary N) is 1. The van der Waals surface area contributed by atoms with E-state index in [9.17, 15) is 14.9 Å². The zero-order chi connectivity index (χ0) is 21.0. The van der Waals surface area contributed by atoms with Gasteiger partial charge in [-0.1, -0.05) is 36.4 Å². The topological polar surface area (TPSA) is 124 Å².